The summed E-state index contributed by atoms with van der Waals surface area (Å²) >= 11 is 1.75. The highest BCUT2D eigenvalue weighted by atomic mass is 32.1. The minimum absolute atomic E-state index is 0.216. The highest BCUT2D eigenvalue weighted by Gasteiger charge is 2.48. The number of hydrogen-bond donors (Lipinski definition) is 0. The summed E-state index contributed by atoms with van der Waals surface area (Å²) in [7, 11) is 0. The molecule has 260 valence electrons. The van der Waals surface area contributed by atoms with Crippen molar-refractivity contribution in [1.82, 2.24) is 0 Å². The van der Waals surface area contributed by atoms with Crippen LogP contribution in [-0.4, -0.2) is 57.5 Å². The Morgan fingerprint density at radius 2 is 1.32 bits per heavy atom. The van der Waals surface area contributed by atoms with Gasteiger partial charge in [-0.05, 0) is 79.1 Å². The first-order valence-corrected chi connectivity index (χ1v) is 18.8. The molecule has 1 aliphatic rings. The van der Waals surface area contributed by atoms with Gasteiger partial charge in [-0.25, -0.2) is 4.39 Å². The number of halogens is 1. The van der Waals surface area contributed by atoms with Gasteiger partial charge in [0.25, 0.3) is 0 Å². The second-order valence-corrected chi connectivity index (χ2v) is 13.9. The third-order valence-corrected chi connectivity index (χ3v) is 9.97. The summed E-state index contributed by atoms with van der Waals surface area (Å²) in [5, 5.41) is 0. The van der Waals surface area contributed by atoms with Crippen LogP contribution in [0.15, 0.2) is 54.6 Å². The van der Waals surface area contributed by atoms with Crippen LogP contribution in [0.3, 0.4) is 0 Å². The predicted molar refractivity (Wildman–Crippen MR) is 191 cm³/mol. The summed E-state index contributed by atoms with van der Waals surface area (Å²) in [6.45, 7) is 14.0. The maximum atomic E-state index is 13.5. The van der Waals surface area contributed by atoms with Gasteiger partial charge in [0.05, 0.1) is 6.61 Å². The lowest BCUT2D eigenvalue weighted by Crippen LogP contribution is -2.58. The third-order valence-electron chi connectivity index (χ3n) is 8.84. The second-order valence-electron chi connectivity index (χ2n) is 12.7. The number of unbranched alkanes of at least 4 members (excludes halogenated alkanes) is 4. The van der Waals surface area contributed by atoms with Gasteiger partial charge in [-0.3, -0.25) is 0 Å². The summed E-state index contributed by atoms with van der Waals surface area (Å²) in [6, 6.07) is 17.7. The topological polar surface area (TPSA) is 46.2 Å². The molecule has 0 saturated carbocycles. The largest absolute Gasteiger partial charge is 0.379 e. The molecule has 0 amide bonds. The summed E-state index contributed by atoms with van der Waals surface area (Å²) in [5.41, 5.74) is 4.62. The van der Waals surface area contributed by atoms with E-state index < -0.39 is 0 Å². The molecule has 0 spiro atoms. The van der Waals surface area contributed by atoms with Crippen molar-refractivity contribution < 1.29 is 28.1 Å². The molecular formula is C40H57FO5S. The van der Waals surface area contributed by atoms with E-state index in [1.165, 1.54) is 28.1 Å². The van der Waals surface area contributed by atoms with Crippen molar-refractivity contribution >= 4 is 11.3 Å². The minimum atomic E-state index is -0.318. The lowest BCUT2D eigenvalue weighted by Gasteiger charge is -2.46. The maximum absolute atomic E-state index is 13.5. The van der Waals surface area contributed by atoms with Crippen LogP contribution in [0, 0.1) is 12.7 Å². The standard InChI is InChI=1S/C40H57FO5S/c1-6-10-22-42-28-35-38(43-23-11-7-2)40(45-25-13-9-4)39(44-24-12-8-3)37(46-35)31-15-14-29(5)32(26-31)27-34-20-21-36(47-34)30-16-18-33(41)19-17-30/h14-21,26,35,37-40H,6-13,22-25,27-28H2,1-5H3/t35-,37+,38-,39+,40+/m1/s1. The molecule has 1 aromatic heterocycles. The Morgan fingerprint density at radius 3 is 1.98 bits per heavy atom. The number of aryl methyl sites for hydroxylation is 1. The van der Waals surface area contributed by atoms with Gasteiger partial charge in [0.15, 0.2) is 0 Å². The fourth-order valence-corrected chi connectivity index (χ4v) is 6.95. The van der Waals surface area contributed by atoms with E-state index in [-0.39, 0.29) is 36.3 Å². The second kappa shape index (κ2) is 20.4. The molecule has 1 saturated heterocycles. The van der Waals surface area contributed by atoms with Crippen molar-refractivity contribution in [2.45, 2.75) is 123 Å². The first-order chi connectivity index (χ1) is 23.0. The molecule has 0 N–H and O–H groups in total. The smallest absolute Gasteiger partial charge is 0.123 e. The Labute approximate surface area is 287 Å². The van der Waals surface area contributed by atoms with Gasteiger partial charge in [-0.1, -0.05) is 83.7 Å². The van der Waals surface area contributed by atoms with E-state index in [0.717, 1.165) is 73.8 Å². The molecule has 0 bridgehead atoms. The monoisotopic (exact) mass is 668 g/mol. The van der Waals surface area contributed by atoms with Crippen molar-refractivity contribution in [3.63, 3.8) is 0 Å². The van der Waals surface area contributed by atoms with Crippen LogP contribution >= 0.6 is 11.3 Å². The van der Waals surface area contributed by atoms with Crippen molar-refractivity contribution in [2.75, 3.05) is 33.0 Å². The molecule has 2 heterocycles. The fraction of sp³-hybridized carbons (Fsp3) is 0.600. The maximum Gasteiger partial charge on any atom is 0.123 e. The first kappa shape index (κ1) is 37.7. The Kier molecular flexibility index (Phi) is 16.4. The number of thiophene rings is 1. The van der Waals surface area contributed by atoms with Crippen LogP contribution in [0.2, 0.25) is 0 Å². The van der Waals surface area contributed by atoms with Gasteiger partial charge in [-0.15, -0.1) is 11.3 Å². The average molecular weight is 669 g/mol. The van der Waals surface area contributed by atoms with E-state index in [1.54, 1.807) is 11.3 Å². The van der Waals surface area contributed by atoms with Gasteiger partial charge in [0.1, 0.15) is 36.3 Å². The van der Waals surface area contributed by atoms with E-state index in [9.17, 15) is 4.39 Å². The zero-order valence-electron chi connectivity index (χ0n) is 29.3. The quantitative estimate of drug-likeness (QED) is 0.106. The molecule has 5 atom stereocenters. The molecule has 3 aromatic rings. The predicted octanol–water partition coefficient (Wildman–Crippen LogP) is 10.3. The van der Waals surface area contributed by atoms with Crippen LogP contribution < -0.4 is 0 Å². The minimum Gasteiger partial charge on any atom is -0.379 e. The van der Waals surface area contributed by atoms with E-state index in [4.69, 9.17) is 23.7 Å². The normalized spacial score (nSPS) is 21.4. The van der Waals surface area contributed by atoms with Gasteiger partial charge >= 0.3 is 0 Å². The SMILES string of the molecule is CCCCOC[C@H]1O[C@@H](c2ccc(C)c(Cc3ccc(-c4ccc(F)cc4)s3)c2)[C@H](OCCCC)[C@@H](OCCCC)[C@@H]1OCCCC. The van der Waals surface area contributed by atoms with Gasteiger partial charge in [0.2, 0.25) is 0 Å². The van der Waals surface area contributed by atoms with Crippen LogP contribution in [0.25, 0.3) is 10.4 Å². The van der Waals surface area contributed by atoms with Crippen molar-refractivity contribution in [2.24, 2.45) is 0 Å². The molecule has 1 aliphatic heterocycles. The average Bonchev–Trinajstić information content (AvgIpc) is 3.54. The molecule has 0 unspecified atom stereocenters. The Balaban J connectivity index is 1.65. The first-order valence-electron chi connectivity index (χ1n) is 18.0. The number of ether oxygens (including phenoxy) is 5. The van der Waals surface area contributed by atoms with E-state index >= 15 is 0 Å². The lowest BCUT2D eigenvalue weighted by atomic mass is 9.88. The highest BCUT2D eigenvalue weighted by molar-refractivity contribution is 7.15. The summed E-state index contributed by atoms with van der Waals surface area (Å²) in [4.78, 5) is 2.40. The van der Waals surface area contributed by atoms with Crippen molar-refractivity contribution in [3.8, 4) is 10.4 Å². The fourth-order valence-electron chi connectivity index (χ4n) is 5.92. The zero-order valence-corrected chi connectivity index (χ0v) is 30.1. The van der Waals surface area contributed by atoms with Crippen LogP contribution in [0.5, 0.6) is 0 Å². The Morgan fingerprint density at radius 1 is 0.702 bits per heavy atom. The van der Waals surface area contributed by atoms with Crippen molar-refractivity contribution in [3.05, 3.63) is 82.0 Å². The molecule has 2 aromatic carbocycles. The third kappa shape index (κ3) is 11.2. The van der Waals surface area contributed by atoms with Crippen LogP contribution in [0.4, 0.5) is 4.39 Å². The van der Waals surface area contributed by atoms with Gasteiger partial charge < -0.3 is 23.7 Å². The van der Waals surface area contributed by atoms with Gasteiger partial charge in [0, 0.05) is 42.6 Å². The summed E-state index contributed by atoms with van der Waals surface area (Å²) in [6.07, 6.45) is 7.60. The molecule has 4 rings (SSSR count). The Bertz CT molecular complexity index is 1290. The summed E-state index contributed by atoms with van der Waals surface area (Å²) < 4.78 is 46.7. The lowest BCUT2D eigenvalue weighted by molar-refractivity contribution is -0.268. The molecule has 0 radical (unpaired) electrons. The highest BCUT2D eigenvalue weighted by Crippen LogP contribution is 2.39. The number of rotatable bonds is 21. The van der Waals surface area contributed by atoms with Gasteiger partial charge in [-0.2, -0.15) is 0 Å². The molecule has 5 nitrogen and oxygen atoms in total. The van der Waals surface area contributed by atoms with Crippen molar-refractivity contribution in [1.29, 1.82) is 0 Å². The van der Waals surface area contributed by atoms with Crippen LogP contribution in [-0.2, 0) is 30.1 Å². The molecule has 47 heavy (non-hydrogen) atoms. The van der Waals surface area contributed by atoms with E-state index in [1.807, 2.05) is 12.1 Å². The number of hydrogen-bond acceptors (Lipinski definition) is 6. The molecule has 7 heteroatoms. The zero-order chi connectivity index (χ0) is 33.4. The molecular weight excluding hydrogens is 612 g/mol. The van der Waals surface area contributed by atoms with E-state index in [2.05, 4.69) is 65.0 Å². The molecule has 0 aliphatic carbocycles. The number of benzene rings is 2. The molecule has 1 fully saturated rings. The van der Waals surface area contributed by atoms with Crippen LogP contribution in [0.1, 0.15) is 107 Å². The Hall–Kier alpha value is -2.13. The van der Waals surface area contributed by atoms with E-state index in [0.29, 0.717) is 33.0 Å². The summed E-state index contributed by atoms with van der Waals surface area (Å²) in [5.74, 6) is -0.216.